The molecule has 2 aliphatic rings. The number of aryl methyl sites for hydroxylation is 1. The third kappa shape index (κ3) is 3.72. The van der Waals surface area contributed by atoms with Crippen LogP contribution in [0.2, 0.25) is 0 Å². The fourth-order valence-electron chi connectivity index (χ4n) is 5.34. The molecule has 0 aliphatic carbocycles. The van der Waals surface area contributed by atoms with Crippen molar-refractivity contribution in [2.45, 2.75) is 57.5 Å². The van der Waals surface area contributed by atoms with Gasteiger partial charge in [0.1, 0.15) is 5.75 Å². The first kappa shape index (κ1) is 20.2. The summed E-state index contributed by atoms with van der Waals surface area (Å²) in [4.78, 5) is 16.5. The Bertz CT molecular complexity index is 692. The van der Waals surface area contributed by atoms with Crippen molar-refractivity contribution in [3.63, 3.8) is 0 Å². The summed E-state index contributed by atoms with van der Waals surface area (Å²) in [7, 11) is 3.90. The topological polar surface area (TPSA) is 53.0 Å². The molecule has 3 rings (SSSR count). The van der Waals surface area contributed by atoms with Gasteiger partial charge in [-0.25, -0.2) is 0 Å². The van der Waals surface area contributed by atoms with Crippen LogP contribution in [-0.2, 0) is 10.2 Å². The number of carbonyl (C=O) groups is 1. The zero-order valence-electron chi connectivity index (χ0n) is 17.4. The highest BCUT2D eigenvalue weighted by molar-refractivity contribution is 5.70. The zero-order chi connectivity index (χ0) is 19.8. The highest BCUT2D eigenvalue weighted by Crippen LogP contribution is 2.43. The van der Waals surface area contributed by atoms with Gasteiger partial charge in [0.2, 0.25) is 0 Å². The molecule has 0 aromatic heterocycles. The zero-order valence-corrected chi connectivity index (χ0v) is 17.4. The molecule has 4 unspecified atom stereocenters. The Hall–Kier alpha value is -1.59. The van der Waals surface area contributed by atoms with Gasteiger partial charge in [0.05, 0.1) is 13.0 Å². The van der Waals surface area contributed by atoms with E-state index in [4.69, 9.17) is 4.74 Å². The lowest BCUT2D eigenvalue weighted by Crippen LogP contribution is -2.65. The number of hydrogen-bond acceptors (Lipinski definition) is 4. The van der Waals surface area contributed by atoms with E-state index >= 15 is 0 Å². The molecule has 2 fully saturated rings. The molecule has 0 amide bonds. The molecule has 1 aromatic carbocycles. The third-order valence-electron chi connectivity index (χ3n) is 7.04. The predicted molar refractivity (Wildman–Crippen MR) is 108 cm³/mol. The van der Waals surface area contributed by atoms with Gasteiger partial charge in [0.25, 0.3) is 0 Å². The molecule has 2 heterocycles. The van der Waals surface area contributed by atoms with Gasteiger partial charge in [-0.3, -0.25) is 9.69 Å². The minimum Gasteiger partial charge on any atom is -0.497 e. The van der Waals surface area contributed by atoms with Crippen LogP contribution in [0.25, 0.3) is 0 Å². The van der Waals surface area contributed by atoms with E-state index in [9.17, 15) is 9.90 Å². The highest BCUT2D eigenvalue weighted by atomic mass is 16.5. The second-order valence-corrected chi connectivity index (χ2v) is 8.69. The Morgan fingerprint density at radius 2 is 2.07 bits per heavy atom. The van der Waals surface area contributed by atoms with Gasteiger partial charge in [-0.05, 0) is 76.5 Å². The highest BCUT2D eigenvalue weighted by Gasteiger charge is 2.48. The smallest absolute Gasteiger partial charge is 0.307 e. The van der Waals surface area contributed by atoms with E-state index < -0.39 is 5.97 Å². The first-order chi connectivity index (χ1) is 12.8. The summed E-state index contributed by atoms with van der Waals surface area (Å²) in [6.45, 7) is 9.51. The lowest BCUT2D eigenvalue weighted by Gasteiger charge is -2.55. The van der Waals surface area contributed by atoms with Crippen molar-refractivity contribution in [1.82, 2.24) is 9.80 Å². The van der Waals surface area contributed by atoms with E-state index in [0.29, 0.717) is 12.6 Å². The number of benzene rings is 1. The summed E-state index contributed by atoms with van der Waals surface area (Å²) in [5, 5.41) is 9.58. The number of aliphatic carboxylic acids is 1. The van der Waals surface area contributed by atoms with Crippen LogP contribution in [0.5, 0.6) is 5.75 Å². The average Bonchev–Trinajstić information content (AvgIpc) is 2.66. The quantitative estimate of drug-likeness (QED) is 0.877. The van der Waals surface area contributed by atoms with E-state index in [-0.39, 0.29) is 17.4 Å². The predicted octanol–water partition coefficient (Wildman–Crippen LogP) is 3.15. The number of carboxylic acid groups (broad SMARTS) is 1. The number of rotatable bonds is 4. The fourth-order valence-corrected chi connectivity index (χ4v) is 5.34. The number of hydrogen-bond donors (Lipinski definition) is 1. The summed E-state index contributed by atoms with van der Waals surface area (Å²) in [6, 6.07) is 7.01. The van der Waals surface area contributed by atoms with Gasteiger partial charge in [0, 0.05) is 24.0 Å². The normalized spacial score (nSPS) is 33.0. The molecule has 5 nitrogen and oxygen atoms in total. The summed E-state index contributed by atoms with van der Waals surface area (Å²) in [6.07, 6.45) is 2.80. The van der Waals surface area contributed by atoms with Crippen LogP contribution in [0.1, 0.15) is 44.2 Å². The number of likely N-dealkylation sites (tertiary alicyclic amines) is 2. The molecule has 150 valence electrons. The molecule has 0 radical (unpaired) electrons. The van der Waals surface area contributed by atoms with Crippen molar-refractivity contribution in [3.8, 4) is 5.75 Å². The maximum atomic E-state index is 11.6. The SMILES string of the molecule is COc1ccc(C)c(C2(C)CCN(C)C(C)C2N2CCCC(C(=O)O)C2)c1. The van der Waals surface area contributed by atoms with Crippen LogP contribution in [0.4, 0.5) is 0 Å². The summed E-state index contributed by atoms with van der Waals surface area (Å²) < 4.78 is 5.52. The first-order valence-corrected chi connectivity index (χ1v) is 10.1. The monoisotopic (exact) mass is 374 g/mol. The Balaban J connectivity index is 2.02. The average molecular weight is 375 g/mol. The molecule has 5 heteroatoms. The van der Waals surface area contributed by atoms with Gasteiger partial charge in [-0.15, -0.1) is 0 Å². The van der Waals surface area contributed by atoms with Crippen LogP contribution in [-0.4, -0.2) is 66.8 Å². The summed E-state index contributed by atoms with van der Waals surface area (Å²) in [5.41, 5.74) is 2.58. The minimum absolute atomic E-state index is 0.0368. The molecule has 4 atom stereocenters. The van der Waals surface area contributed by atoms with Gasteiger partial charge in [-0.1, -0.05) is 13.0 Å². The van der Waals surface area contributed by atoms with Crippen LogP contribution in [0.3, 0.4) is 0 Å². The number of piperidine rings is 2. The maximum Gasteiger partial charge on any atom is 0.307 e. The Labute approximate surface area is 163 Å². The van der Waals surface area contributed by atoms with Gasteiger partial charge < -0.3 is 14.7 Å². The molecule has 2 saturated heterocycles. The molecular formula is C22H34N2O3. The van der Waals surface area contributed by atoms with Gasteiger partial charge >= 0.3 is 5.97 Å². The Kier molecular flexibility index (Phi) is 5.82. The molecular weight excluding hydrogens is 340 g/mol. The largest absolute Gasteiger partial charge is 0.497 e. The molecule has 1 N–H and O–H groups in total. The number of methoxy groups -OCH3 is 1. The molecule has 2 aliphatic heterocycles. The number of likely N-dealkylation sites (N-methyl/N-ethyl adjacent to an activating group) is 1. The van der Waals surface area contributed by atoms with Crippen molar-refractivity contribution < 1.29 is 14.6 Å². The van der Waals surface area contributed by atoms with Crippen LogP contribution < -0.4 is 4.74 Å². The van der Waals surface area contributed by atoms with Crippen LogP contribution in [0.15, 0.2) is 18.2 Å². The summed E-state index contributed by atoms with van der Waals surface area (Å²) >= 11 is 0. The molecule has 1 aromatic rings. The van der Waals surface area contributed by atoms with Gasteiger partial charge in [0.15, 0.2) is 0 Å². The van der Waals surface area contributed by atoms with E-state index in [1.165, 1.54) is 11.1 Å². The molecule has 27 heavy (non-hydrogen) atoms. The Morgan fingerprint density at radius 3 is 2.74 bits per heavy atom. The third-order valence-corrected chi connectivity index (χ3v) is 7.04. The van der Waals surface area contributed by atoms with Crippen molar-refractivity contribution in [1.29, 1.82) is 0 Å². The Morgan fingerprint density at radius 1 is 1.33 bits per heavy atom. The van der Waals surface area contributed by atoms with Gasteiger partial charge in [-0.2, -0.15) is 0 Å². The van der Waals surface area contributed by atoms with E-state index in [1.807, 2.05) is 6.07 Å². The first-order valence-electron chi connectivity index (χ1n) is 10.1. The van der Waals surface area contributed by atoms with Crippen LogP contribution >= 0.6 is 0 Å². The number of carboxylic acids is 1. The van der Waals surface area contributed by atoms with Crippen molar-refractivity contribution in [2.24, 2.45) is 5.92 Å². The lowest BCUT2D eigenvalue weighted by atomic mass is 9.66. The van der Waals surface area contributed by atoms with Crippen LogP contribution in [0, 0.1) is 12.8 Å². The maximum absolute atomic E-state index is 11.6. The van der Waals surface area contributed by atoms with Crippen molar-refractivity contribution >= 4 is 5.97 Å². The molecule has 0 saturated carbocycles. The lowest BCUT2D eigenvalue weighted by molar-refractivity contribution is -0.144. The summed E-state index contributed by atoms with van der Waals surface area (Å²) in [5.74, 6) is -0.0196. The second kappa shape index (κ2) is 7.80. The molecule has 0 spiro atoms. The van der Waals surface area contributed by atoms with Crippen molar-refractivity contribution in [3.05, 3.63) is 29.3 Å². The van der Waals surface area contributed by atoms with E-state index in [2.05, 4.69) is 49.8 Å². The van der Waals surface area contributed by atoms with E-state index in [1.54, 1.807) is 7.11 Å². The number of nitrogens with zero attached hydrogens (tertiary/aromatic N) is 2. The van der Waals surface area contributed by atoms with Crippen molar-refractivity contribution in [2.75, 3.05) is 33.8 Å². The fraction of sp³-hybridized carbons (Fsp3) is 0.682. The molecule has 0 bridgehead atoms. The standard InChI is InChI=1S/C22H34N2O3/c1-15-8-9-18(27-5)13-19(15)22(3)10-12-23(4)16(2)20(22)24-11-6-7-17(14-24)21(25)26/h8-9,13,16-17,20H,6-7,10-12,14H2,1-5H3,(H,25,26). The van der Waals surface area contributed by atoms with E-state index in [0.717, 1.165) is 38.1 Å². The minimum atomic E-state index is -0.657. The number of ether oxygens (including phenoxy) is 1. The second-order valence-electron chi connectivity index (χ2n) is 8.69.